The molecule has 3 heteroatoms. The lowest BCUT2D eigenvalue weighted by Crippen LogP contribution is -2.21. The second-order valence-electron chi connectivity index (χ2n) is 6.07. The quantitative estimate of drug-likeness (QED) is 0.867. The SMILES string of the molecule is CC(C)/C(=C/c1ccc(Cl)c2cccnc12)CNC1CC1. The summed E-state index contributed by atoms with van der Waals surface area (Å²) >= 11 is 6.27. The summed E-state index contributed by atoms with van der Waals surface area (Å²) in [5, 5.41) is 5.38. The van der Waals surface area contributed by atoms with Crippen molar-refractivity contribution in [2.24, 2.45) is 5.92 Å². The van der Waals surface area contributed by atoms with E-state index in [0.717, 1.165) is 34.1 Å². The number of hydrogen-bond acceptors (Lipinski definition) is 2. The highest BCUT2D eigenvalue weighted by molar-refractivity contribution is 6.35. The lowest BCUT2D eigenvalue weighted by atomic mass is 9.99. The van der Waals surface area contributed by atoms with Crippen LogP contribution in [0.5, 0.6) is 0 Å². The lowest BCUT2D eigenvalue weighted by Gasteiger charge is -2.13. The molecule has 1 aromatic heterocycles. The van der Waals surface area contributed by atoms with Gasteiger partial charge in [-0.3, -0.25) is 4.98 Å². The molecule has 21 heavy (non-hydrogen) atoms. The largest absolute Gasteiger partial charge is 0.310 e. The summed E-state index contributed by atoms with van der Waals surface area (Å²) in [5.74, 6) is 0.519. The summed E-state index contributed by atoms with van der Waals surface area (Å²) in [6.07, 6.45) is 6.73. The van der Waals surface area contributed by atoms with E-state index < -0.39 is 0 Å². The molecule has 2 aromatic rings. The number of rotatable bonds is 5. The first kappa shape index (κ1) is 14.6. The third kappa shape index (κ3) is 3.45. The van der Waals surface area contributed by atoms with Crippen molar-refractivity contribution in [3.63, 3.8) is 0 Å². The molecule has 0 spiro atoms. The predicted octanol–water partition coefficient (Wildman–Crippen LogP) is 4.68. The van der Waals surface area contributed by atoms with Gasteiger partial charge in [-0.15, -0.1) is 0 Å². The van der Waals surface area contributed by atoms with E-state index in [1.807, 2.05) is 24.4 Å². The average Bonchev–Trinajstić information content (AvgIpc) is 3.30. The molecule has 1 aliphatic rings. The van der Waals surface area contributed by atoms with Gasteiger partial charge < -0.3 is 5.32 Å². The second kappa shape index (κ2) is 6.17. The van der Waals surface area contributed by atoms with Gasteiger partial charge in [0, 0.05) is 29.7 Å². The summed E-state index contributed by atoms with van der Waals surface area (Å²) in [4.78, 5) is 4.51. The maximum Gasteiger partial charge on any atom is 0.0789 e. The number of pyridine rings is 1. The maximum atomic E-state index is 6.27. The Balaban J connectivity index is 1.97. The van der Waals surface area contributed by atoms with Crippen LogP contribution in [0.4, 0.5) is 0 Å². The minimum absolute atomic E-state index is 0.519. The first-order valence-electron chi connectivity index (χ1n) is 7.62. The average molecular weight is 301 g/mol. The molecule has 1 aliphatic carbocycles. The zero-order valence-electron chi connectivity index (χ0n) is 12.6. The van der Waals surface area contributed by atoms with E-state index in [9.17, 15) is 0 Å². The van der Waals surface area contributed by atoms with Crippen LogP contribution in [0.3, 0.4) is 0 Å². The van der Waals surface area contributed by atoms with Crippen molar-refractivity contribution in [1.29, 1.82) is 0 Å². The van der Waals surface area contributed by atoms with Crippen LogP contribution in [0.25, 0.3) is 17.0 Å². The fraction of sp³-hybridized carbons (Fsp3) is 0.389. The summed E-state index contributed by atoms with van der Waals surface area (Å²) in [6.45, 7) is 5.44. The molecule has 0 bridgehead atoms. The van der Waals surface area contributed by atoms with Gasteiger partial charge in [-0.2, -0.15) is 0 Å². The monoisotopic (exact) mass is 300 g/mol. The highest BCUT2D eigenvalue weighted by Crippen LogP contribution is 2.27. The van der Waals surface area contributed by atoms with Crippen molar-refractivity contribution in [2.75, 3.05) is 6.54 Å². The van der Waals surface area contributed by atoms with Gasteiger partial charge in [-0.25, -0.2) is 0 Å². The van der Waals surface area contributed by atoms with Gasteiger partial charge in [0.05, 0.1) is 10.5 Å². The zero-order chi connectivity index (χ0) is 14.8. The normalized spacial score (nSPS) is 15.9. The van der Waals surface area contributed by atoms with Crippen LogP contribution in [0.2, 0.25) is 5.02 Å². The first-order chi connectivity index (χ1) is 10.1. The Bertz CT molecular complexity index is 672. The van der Waals surface area contributed by atoms with Gasteiger partial charge >= 0.3 is 0 Å². The van der Waals surface area contributed by atoms with Crippen LogP contribution < -0.4 is 5.32 Å². The number of fused-ring (bicyclic) bond motifs is 1. The maximum absolute atomic E-state index is 6.27. The van der Waals surface area contributed by atoms with Crippen molar-refractivity contribution in [2.45, 2.75) is 32.7 Å². The summed E-state index contributed by atoms with van der Waals surface area (Å²) in [5.41, 5.74) is 3.54. The van der Waals surface area contributed by atoms with Crippen molar-refractivity contribution in [1.82, 2.24) is 10.3 Å². The van der Waals surface area contributed by atoms with E-state index >= 15 is 0 Å². The summed E-state index contributed by atoms with van der Waals surface area (Å²) in [7, 11) is 0. The van der Waals surface area contributed by atoms with Gasteiger partial charge in [-0.1, -0.05) is 43.2 Å². The van der Waals surface area contributed by atoms with Crippen LogP contribution in [-0.2, 0) is 0 Å². The molecule has 1 N–H and O–H groups in total. The number of benzene rings is 1. The molecule has 3 rings (SSSR count). The molecule has 2 nitrogen and oxygen atoms in total. The molecule has 0 saturated heterocycles. The van der Waals surface area contributed by atoms with Gasteiger partial charge in [0.2, 0.25) is 0 Å². The van der Waals surface area contributed by atoms with Crippen LogP contribution in [0, 0.1) is 5.92 Å². The highest BCUT2D eigenvalue weighted by atomic mass is 35.5. The van der Waals surface area contributed by atoms with E-state index in [0.29, 0.717) is 5.92 Å². The number of nitrogens with zero attached hydrogens (tertiary/aromatic N) is 1. The van der Waals surface area contributed by atoms with E-state index in [2.05, 4.69) is 36.3 Å². The van der Waals surface area contributed by atoms with E-state index in [4.69, 9.17) is 11.6 Å². The van der Waals surface area contributed by atoms with E-state index in [-0.39, 0.29) is 0 Å². The molecule has 0 radical (unpaired) electrons. The molecule has 1 fully saturated rings. The molecule has 1 heterocycles. The Morgan fingerprint density at radius 1 is 1.38 bits per heavy atom. The third-order valence-corrected chi connectivity index (χ3v) is 4.33. The number of halogens is 1. The van der Waals surface area contributed by atoms with Gasteiger partial charge in [0.25, 0.3) is 0 Å². The Morgan fingerprint density at radius 3 is 2.90 bits per heavy atom. The van der Waals surface area contributed by atoms with Gasteiger partial charge in [-0.05, 0) is 37.0 Å². The minimum atomic E-state index is 0.519. The van der Waals surface area contributed by atoms with Crippen molar-refractivity contribution < 1.29 is 0 Å². The molecule has 0 unspecified atom stereocenters. The lowest BCUT2D eigenvalue weighted by molar-refractivity contribution is 0.663. The Hall–Kier alpha value is -1.38. The van der Waals surface area contributed by atoms with Crippen LogP contribution in [0.15, 0.2) is 36.0 Å². The van der Waals surface area contributed by atoms with Crippen LogP contribution in [-0.4, -0.2) is 17.6 Å². The van der Waals surface area contributed by atoms with Crippen LogP contribution in [0.1, 0.15) is 32.3 Å². The molecule has 0 amide bonds. The van der Waals surface area contributed by atoms with Crippen molar-refractivity contribution in [3.05, 3.63) is 46.6 Å². The molecule has 110 valence electrons. The van der Waals surface area contributed by atoms with Crippen molar-refractivity contribution >= 4 is 28.6 Å². The first-order valence-corrected chi connectivity index (χ1v) is 8.00. The van der Waals surface area contributed by atoms with Crippen molar-refractivity contribution in [3.8, 4) is 0 Å². The third-order valence-electron chi connectivity index (χ3n) is 4.00. The Kier molecular flexibility index (Phi) is 4.27. The Labute approximate surface area is 131 Å². The number of hydrogen-bond donors (Lipinski definition) is 1. The zero-order valence-corrected chi connectivity index (χ0v) is 13.3. The minimum Gasteiger partial charge on any atom is -0.310 e. The topological polar surface area (TPSA) is 24.9 Å². The van der Waals surface area contributed by atoms with Gasteiger partial charge in [0.1, 0.15) is 0 Å². The smallest absolute Gasteiger partial charge is 0.0789 e. The molecule has 1 saturated carbocycles. The Morgan fingerprint density at radius 2 is 2.19 bits per heavy atom. The predicted molar refractivity (Wildman–Crippen MR) is 90.6 cm³/mol. The molecule has 1 aromatic carbocycles. The standard InChI is InChI=1S/C18H21ClN2/c1-12(2)14(11-21-15-6-7-15)10-13-5-8-17(19)16-4-3-9-20-18(13)16/h3-5,8-10,12,15,21H,6-7,11H2,1-2H3/b14-10+. The molecular weight excluding hydrogens is 280 g/mol. The fourth-order valence-corrected chi connectivity index (χ4v) is 2.66. The fourth-order valence-electron chi connectivity index (χ4n) is 2.45. The highest BCUT2D eigenvalue weighted by Gasteiger charge is 2.20. The van der Waals surface area contributed by atoms with E-state index in [1.165, 1.54) is 18.4 Å². The summed E-state index contributed by atoms with van der Waals surface area (Å²) < 4.78 is 0. The van der Waals surface area contributed by atoms with Crippen LogP contribution >= 0.6 is 11.6 Å². The second-order valence-corrected chi connectivity index (χ2v) is 6.47. The molecule has 0 aliphatic heterocycles. The number of nitrogens with one attached hydrogen (secondary N) is 1. The van der Waals surface area contributed by atoms with Gasteiger partial charge in [0.15, 0.2) is 0 Å². The number of aromatic nitrogens is 1. The molecular formula is C18H21ClN2. The summed E-state index contributed by atoms with van der Waals surface area (Å²) in [6, 6.07) is 8.72. The van der Waals surface area contributed by atoms with E-state index in [1.54, 1.807) is 0 Å². The molecule has 0 atom stereocenters.